The fourth-order valence-electron chi connectivity index (χ4n) is 2.59. The van der Waals surface area contributed by atoms with Crippen LogP contribution in [0.4, 0.5) is 11.5 Å². The maximum atomic E-state index is 6.07. The molecule has 1 aliphatic heterocycles. The van der Waals surface area contributed by atoms with Gasteiger partial charge in [-0.2, -0.15) is 0 Å². The molecule has 0 radical (unpaired) electrons. The van der Waals surface area contributed by atoms with E-state index < -0.39 is 0 Å². The summed E-state index contributed by atoms with van der Waals surface area (Å²) < 4.78 is 0.923. The molecule has 2 aromatic rings. The molecule has 0 bridgehead atoms. The van der Waals surface area contributed by atoms with Crippen LogP contribution in [0.3, 0.4) is 0 Å². The number of benzene rings is 1. The van der Waals surface area contributed by atoms with Crippen molar-refractivity contribution in [2.75, 3.05) is 23.7 Å². The van der Waals surface area contributed by atoms with Gasteiger partial charge in [-0.05, 0) is 46.0 Å². The molecule has 3 nitrogen and oxygen atoms in total. The average Bonchev–Trinajstić information content (AvgIpc) is 2.62. The zero-order chi connectivity index (χ0) is 13.2. The van der Waals surface area contributed by atoms with E-state index in [-0.39, 0.29) is 0 Å². The van der Waals surface area contributed by atoms with Crippen LogP contribution >= 0.6 is 15.9 Å². The van der Waals surface area contributed by atoms with E-state index in [1.165, 1.54) is 11.1 Å². The molecule has 1 aromatic heterocycles. The van der Waals surface area contributed by atoms with Gasteiger partial charge in [0, 0.05) is 23.8 Å². The third-order valence-electron chi connectivity index (χ3n) is 3.58. The number of halogens is 1. The first-order valence-electron chi connectivity index (χ1n) is 6.47. The van der Waals surface area contributed by atoms with Crippen molar-refractivity contribution in [3.8, 4) is 0 Å². The zero-order valence-corrected chi connectivity index (χ0v) is 12.2. The number of hydrogen-bond acceptors (Lipinski definition) is 3. The Kier molecular flexibility index (Phi) is 3.42. The Morgan fingerprint density at radius 1 is 1.11 bits per heavy atom. The van der Waals surface area contributed by atoms with Gasteiger partial charge in [0.25, 0.3) is 0 Å². The Labute approximate surface area is 121 Å². The fourth-order valence-corrected chi connectivity index (χ4v) is 2.94. The number of anilines is 2. The Morgan fingerprint density at radius 2 is 1.74 bits per heavy atom. The second-order valence-electron chi connectivity index (χ2n) is 4.82. The molecular formula is C15H16BrN3. The highest BCUT2D eigenvalue weighted by Gasteiger charge is 2.16. The summed E-state index contributed by atoms with van der Waals surface area (Å²) >= 11 is 3.40. The molecule has 0 spiro atoms. The molecule has 3 rings (SSSR count). The van der Waals surface area contributed by atoms with Gasteiger partial charge in [0.1, 0.15) is 0 Å². The topological polar surface area (TPSA) is 42.1 Å². The number of pyridine rings is 1. The number of nitrogens with zero attached hydrogens (tertiary/aromatic N) is 2. The van der Waals surface area contributed by atoms with Crippen LogP contribution in [-0.2, 0) is 12.8 Å². The number of nitrogens with two attached hydrogens (primary N) is 1. The highest BCUT2D eigenvalue weighted by atomic mass is 79.9. The van der Waals surface area contributed by atoms with Crippen molar-refractivity contribution in [1.82, 2.24) is 4.98 Å². The molecule has 0 aliphatic carbocycles. The Hall–Kier alpha value is -1.55. The molecule has 4 heteroatoms. The molecule has 19 heavy (non-hydrogen) atoms. The van der Waals surface area contributed by atoms with Gasteiger partial charge < -0.3 is 10.6 Å². The summed E-state index contributed by atoms with van der Waals surface area (Å²) in [5, 5.41) is 0. The summed E-state index contributed by atoms with van der Waals surface area (Å²) in [7, 11) is 0. The summed E-state index contributed by atoms with van der Waals surface area (Å²) in [5.41, 5.74) is 9.70. The summed E-state index contributed by atoms with van der Waals surface area (Å²) in [6.45, 7) is 1.94. The Balaban J connectivity index is 1.85. The van der Waals surface area contributed by atoms with Crippen molar-refractivity contribution < 1.29 is 0 Å². The molecule has 2 heterocycles. The second kappa shape index (κ2) is 5.21. The Morgan fingerprint density at radius 3 is 2.32 bits per heavy atom. The summed E-state index contributed by atoms with van der Waals surface area (Å²) in [4.78, 5) is 6.74. The van der Waals surface area contributed by atoms with Crippen molar-refractivity contribution in [2.45, 2.75) is 12.8 Å². The van der Waals surface area contributed by atoms with E-state index in [1.807, 2.05) is 12.3 Å². The molecule has 1 aliphatic rings. The van der Waals surface area contributed by atoms with E-state index in [2.05, 4.69) is 50.1 Å². The first kappa shape index (κ1) is 12.5. The average molecular weight is 318 g/mol. The van der Waals surface area contributed by atoms with Gasteiger partial charge in [0.2, 0.25) is 0 Å². The largest absolute Gasteiger partial charge is 0.396 e. The van der Waals surface area contributed by atoms with Crippen molar-refractivity contribution in [2.24, 2.45) is 0 Å². The molecule has 98 valence electrons. The quantitative estimate of drug-likeness (QED) is 0.879. The molecule has 0 unspecified atom stereocenters. The van der Waals surface area contributed by atoms with E-state index >= 15 is 0 Å². The van der Waals surface area contributed by atoms with E-state index in [0.717, 1.165) is 41.9 Å². The molecule has 0 saturated heterocycles. The van der Waals surface area contributed by atoms with Crippen LogP contribution in [0.5, 0.6) is 0 Å². The minimum absolute atomic E-state index is 0.736. The van der Waals surface area contributed by atoms with Gasteiger partial charge in [0.05, 0.1) is 5.69 Å². The molecule has 1 aromatic carbocycles. The lowest BCUT2D eigenvalue weighted by atomic mass is 10.0. The predicted octanol–water partition coefficient (Wildman–Crippen LogP) is 3.03. The van der Waals surface area contributed by atoms with Crippen LogP contribution in [-0.4, -0.2) is 18.1 Å². The smallest absolute Gasteiger partial charge is 0.151 e. The van der Waals surface area contributed by atoms with Crippen molar-refractivity contribution >= 4 is 27.4 Å². The van der Waals surface area contributed by atoms with Crippen LogP contribution in [0.25, 0.3) is 0 Å². The molecule has 0 amide bonds. The minimum atomic E-state index is 0.736. The first-order chi connectivity index (χ1) is 9.24. The summed E-state index contributed by atoms with van der Waals surface area (Å²) in [5.74, 6) is 0.899. The van der Waals surface area contributed by atoms with Crippen LogP contribution in [0, 0.1) is 0 Å². The molecule has 0 fully saturated rings. The molecule has 0 saturated carbocycles. The van der Waals surface area contributed by atoms with Gasteiger partial charge in [0.15, 0.2) is 5.82 Å². The zero-order valence-electron chi connectivity index (χ0n) is 10.6. The number of rotatable bonds is 1. The Bertz CT molecular complexity index is 571. The second-order valence-corrected chi connectivity index (χ2v) is 5.74. The number of nitrogen functional groups attached to an aromatic ring is 1. The SMILES string of the molecule is Nc1cc(Br)cnc1N1CCc2ccccc2CC1. The van der Waals surface area contributed by atoms with E-state index in [4.69, 9.17) is 5.73 Å². The summed E-state index contributed by atoms with van der Waals surface area (Å²) in [6.07, 6.45) is 3.91. The highest BCUT2D eigenvalue weighted by Crippen LogP contribution is 2.26. The molecule has 2 N–H and O–H groups in total. The van der Waals surface area contributed by atoms with Crippen LogP contribution in [0.15, 0.2) is 41.0 Å². The van der Waals surface area contributed by atoms with Crippen molar-refractivity contribution in [1.29, 1.82) is 0 Å². The monoisotopic (exact) mass is 317 g/mol. The maximum absolute atomic E-state index is 6.07. The predicted molar refractivity (Wildman–Crippen MR) is 82.4 cm³/mol. The van der Waals surface area contributed by atoms with E-state index in [1.54, 1.807) is 0 Å². The van der Waals surface area contributed by atoms with Crippen molar-refractivity contribution in [3.63, 3.8) is 0 Å². The van der Waals surface area contributed by atoms with E-state index in [0.29, 0.717) is 0 Å². The first-order valence-corrected chi connectivity index (χ1v) is 7.26. The summed E-state index contributed by atoms with van der Waals surface area (Å²) in [6, 6.07) is 10.6. The lowest BCUT2D eigenvalue weighted by Crippen LogP contribution is -2.27. The standard InChI is InChI=1S/C15H16BrN3/c16-13-9-14(17)15(18-10-13)19-7-5-11-3-1-2-4-12(11)6-8-19/h1-4,9-10H,5-8,17H2. The number of fused-ring (bicyclic) bond motifs is 1. The minimum Gasteiger partial charge on any atom is -0.396 e. The highest BCUT2D eigenvalue weighted by molar-refractivity contribution is 9.10. The molecular weight excluding hydrogens is 302 g/mol. The van der Waals surface area contributed by atoms with Crippen molar-refractivity contribution in [3.05, 3.63) is 52.1 Å². The fraction of sp³-hybridized carbons (Fsp3) is 0.267. The van der Waals surface area contributed by atoms with Crippen LogP contribution in [0.1, 0.15) is 11.1 Å². The number of hydrogen-bond donors (Lipinski definition) is 1. The third-order valence-corrected chi connectivity index (χ3v) is 4.02. The van der Waals surface area contributed by atoms with Crippen LogP contribution < -0.4 is 10.6 Å². The van der Waals surface area contributed by atoms with Gasteiger partial charge in [-0.25, -0.2) is 4.98 Å². The lowest BCUT2D eigenvalue weighted by molar-refractivity contribution is 0.792. The van der Waals surface area contributed by atoms with E-state index in [9.17, 15) is 0 Å². The van der Waals surface area contributed by atoms with Gasteiger partial charge >= 0.3 is 0 Å². The van der Waals surface area contributed by atoms with Gasteiger partial charge in [-0.1, -0.05) is 24.3 Å². The third kappa shape index (κ3) is 2.59. The van der Waals surface area contributed by atoms with Gasteiger partial charge in [-0.15, -0.1) is 0 Å². The molecule has 0 atom stereocenters. The normalized spacial score (nSPS) is 14.9. The van der Waals surface area contributed by atoms with Crippen LogP contribution in [0.2, 0.25) is 0 Å². The lowest BCUT2D eigenvalue weighted by Gasteiger charge is -2.22. The van der Waals surface area contributed by atoms with Gasteiger partial charge in [-0.3, -0.25) is 0 Å². The number of aromatic nitrogens is 1. The maximum Gasteiger partial charge on any atom is 0.151 e.